The zero-order chi connectivity index (χ0) is 15.9. The van der Waals surface area contributed by atoms with E-state index >= 15 is 0 Å². The third-order valence-corrected chi connectivity index (χ3v) is 4.20. The van der Waals surface area contributed by atoms with Crippen molar-refractivity contribution in [3.05, 3.63) is 33.6 Å². The second-order valence-corrected chi connectivity index (χ2v) is 5.69. The third kappa shape index (κ3) is 2.33. The van der Waals surface area contributed by atoms with E-state index < -0.39 is 11.4 Å². The monoisotopic (exact) mass is 302 g/mol. The molecule has 4 N–H and O–H groups in total. The van der Waals surface area contributed by atoms with Crippen molar-refractivity contribution in [1.29, 1.82) is 0 Å². The van der Waals surface area contributed by atoms with Gasteiger partial charge in [-0.15, -0.1) is 0 Å². The van der Waals surface area contributed by atoms with Crippen LogP contribution in [0.25, 0.3) is 11.0 Å². The molecule has 2 aromatic heterocycles. The summed E-state index contributed by atoms with van der Waals surface area (Å²) in [6.45, 7) is 4.19. The highest BCUT2D eigenvalue weighted by Gasteiger charge is 2.23. The predicted octanol–water partition coefficient (Wildman–Crippen LogP) is 0.715. The number of hydrogen-bond donors (Lipinski definition) is 3. The molecule has 2 aromatic rings. The van der Waals surface area contributed by atoms with Crippen LogP contribution in [0.15, 0.2) is 17.1 Å². The standard InChI is InChI=1S/C15H18N4O3/c1-8-4-11(19-3-2-9(5-16)7-19)18-14-12(8)13(20)10(6-17-14)15(21)22/h4,6,9H,2-3,5,7,16H2,1H3,(H,21,22)(H,17,18,20). The van der Waals surface area contributed by atoms with E-state index in [0.717, 1.165) is 30.9 Å². The number of aromatic amines is 1. The SMILES string of the molecule is Cc1cc(N2CCC(CN)C2)nc2[nH]cc(C(=O)O)c(=O)c12. The van der Waals surface area contributed by atoms with Crippen LogP contribution < -0.4 is 16.1 Å². The van der Waals surface area contributed by atoms with Gasteiger partial charge in [0.1, 0.15) is 17.0 Å². The maximum absolute atomic E-state index is 12.3. The summed E-state index contributed by atoms with van der Waals surface area (Å²) in [7, 11) is 0. The lowest BCUT2D eigenvalue weighted by atomic mass is 10.1. The van der Waals surface area contributed by atoms with Gasteiger partial charge in [0.05, 0.1) is 5.39 Å². The quantitative estimate of drug-likeness (QED) is 0.770. The van der Waals surface area contributed by atoms with Gasteiger partial charge in [0.2, 0.25) is 5.43 Å². The molecule has 1 saturated heterocycles. The van der Waals surface area contributed by atoms with Gasteiger partial charge in [0.25, 0.3) is 0 Å². The molecular formula is C15H18N4O3. The van der Waals surface area contributed by atoms with Crippen molar-refractivity contribution in [3.63, 3.8) is 0 Å². The van der Waals surface area contributed by atoms with E-state index in [-0.39, 0.29) is 5.56 Å². The number of carboxylic acids is 1. The minimum absolute atomic E-state index is 0.269. The third-order valence-electron chi connectivity index (χ3n) is 4.20. The molecule has 0 aliphatic carbocycles. The summed E-state index contributed by atoms with van der Waals surface area (Å²) < 4.78 is 0. The van der Waals surface area contributed by atoms with Crippen LogP contribution in [0, 0.1) is 12.8 Å². The molecule has 1 aliphatic heterocycles. The van der Waals surface area contributed by atoms with Crippen LogP contribution in [0.2, 0.25) is 0 Å². The summed E-state index contributed by atoms with van der Waals surface area (Å²) in [5, 5.41) is 9.37. The fraction of sp³-hybridized carbons (Fsp3) is 0.400. The largest absolute Gasteiger partial charge is 0.477 e. The molecular weight excluding hydrogens is 284 g/mol. The second-order valence-electron chi connectivity index (χ2n) is 5.69. The normalized spacial score (nSPS) is 18.1. The molecule has 0 spiro atoms. The van der Waals surface area contributed by atoms with Gasteiger partial charge in [0, 0.05) is 19.3 Å². The number of carbonyl (C=O) groups is 1. The molecule has 1 atom stereocenters. The summed E-state index contributed by atoms with van der Waals surface area (Å²) >= 11 is 0. The van der Waals surface area contributed by atoms with E-state index in [2.05, 4.69) is 14.9 Å². The minimum Gasteiger partial charge on any atom is -0.477 e. The molecule has 0 saturated carbocycles. The molecule has 1 aliphatic rings. The number of nitrogens with one attached hydrogen (secondary N) is 1. The van der Waals surface area contributed by atoms with Crippen LogP contribution in [0.4, 0.5) is 5.82 Å². The first-order chi connectivity index (χ1) is 10.5. The Morgan fingerprint density at radius 2 is 2.36 bits per heavy atom. The van der Waals surface area contributed by atoms with E-state index in [1.165, 1.54) is 6.20 Å². The molecule has 0 aromatic carbocycles. The van der Waals surface area contributed by atoms with Gasteiger partial charge in [-0.1, -0.05) is 0 Å². The van der Waals surface area contributed by atoms with Crippen LogP contribution in [-0.4, -0.2) is 40.7 Å². The number of anilines is 1. The number of nitrogens with two attached hydrogens (primary N) is 1. The lowest BCUT2D eigenvalue weighted by Crippen LogP contribution is -2.24. The first-order valence-electron chi connectivity index (χ1n) is 7.22. The summed E-state index contributed by atoms with van der Waals surface area (Å²) in [5.41, 5.74) is 6.08. The smallest absolute Gasteiger partial charge is 0.341 e. The Bertz CT molecular complexity index is 799. The van der Waals surface area contributed by atoms with Crippen molar-refractivity contribution >= 4 is 22.8 Å². The van der Waals surface area contributed by atoms with Gasteiger partial charge >= 0.3 is 5.97 Å². The molecule has 0 bridgehead atoms. The Morgan fingerprint density at radius 3 is 3.00 bits per heavy atom. The Balaban J connectivity index is 2.09. The van der Waals surface area contributed by atoms with Crippen molar-refractivity contribution in [1.82, 2.24) is 9.97 Å². The summed E-state index contributed by atoms with van der Waals surface area (Å²) in [4.78, 5) is 32.8. The topological polar surface area (TPSA) is 112 Å². The molecule has 7 heteroatoms. The number of carboxylic acid groups (broad SMARTS) is 1. The van der Waals surface area contributed by atoms with Crippen LogP contribution in [0.5, 0.6) is 0 Å². The van der Waals surface area contributed by atoms with Crippen LogP contribution in [0.1, 0.15) is 22.3 Å². The van der Waals surface area contributed by atoms with Gasteiger partial charge in [-0.3, -0.25) is 4.79 Å². The average molecular weight is 302 g/mol. The molecule has 3 rings (SSSR count). The number of fused-ring (bicyclic) bond motifs is 1. The zero-order valence-corrected chi connectivity index (χ0v) is 12.3. The first-order valence-corrected chi connectivity index (χ1v) is 7.22. The molecule has 116 valence electrons. The molecule has 0 amide bonds. The molecule has 3 heterocycles. The lowest BCUT2D eigenvalue weighted by Gasteiger charge is -2.18. The number of hydrogen-bond acceptors (Lipinski definition) is 5. The highest BCUT2D eigenvalue weighted by atomic mass is 16.4. The number of H-pyrrole nitrogens is 1. The average Bonchev–Trinajstić information content (AvgIpc) is 2.95. The van der Waals surface area contributed by atoms with Crippen molar-refractivity contribution in [2.45, 2.75) is 13.3 Å². The van der Waals surface area contributed by atoms with Crippen LogP contribution in [-0.2, 0) is 0 Å². The van der Waals surface area contributed by atoms with Crippen molar-refractivity contribution in [2.24, 2.45) is 11.7 Å². The molecule has 1 unspecified atom stereocenters. The molecule has 1 fully saturated rings. The second kappa shape index (κ2) is 5.42. The molecule has 22 heavy (non-hydrogen) atoms. The van der Waals surface area contributed by atoms with Crippen LogP contribution >= 0.6 is 0 Å². The summed E-state index contributed by atoms with van der Waals surface area (Å²) in [6.07, 6.45) is 2.24. The van der Waals surface area contributed by atoms with E-state index in [1.807, 2.05) is 6.07 Å². The lowest BCUT2D eigenvalue weighted by molar-refractivity contribution is 0.0695. The predicted molar refractivity (Wildman–Crippen MR) is 83.4 cm³/mol. The van der Waals surface area contributed by atoms with Gasteiger partial charge < -0.3 is 20.7 Å². The minimum atomic E-state index is -1.24. The van der Waals surface area contributed by atoms with Gasteiger partial charge in [0.15, 0.2) is 0 Å². The van der Waals surface area contributed by atoms with E-state index in [1.54, 1.807) is 6.92 Å². The van der Waals surface area contributed by atoms with Gasteiger partial charge in [-0.25, -0.2) is 9.78 Å². The molecule has 0 radical (unpaired) electrons. The fourth-order valence-corrected chi connectivity index (χ4v) is 2.94. The van der Waals surface area contributed by atoms with Gasteiger partial charge in [-0.2, -0.15) is 0 Å². The van der Waals surface area contributed by atoms with Crippen molar-refractivity contribution in [2.75, 3.05) is 24.5 Å². The number of aromatic nitrogens is 2. The fourth-order valence-electron chi connectivity index (χ4n) is 2.94. The Hall–Kier alpha value is -2.41. The zero-order valence-electron chi connectivity index (χ0n) is 12.3. The summed E-state index contributed by atoms with van der Waals surface area (Å²) in [5.74, 6) is 0.0165. The van der Waals surface area contributed by atoms with Crippen LogP contribution in [0.3, 0.4) is 0 Å². The maximum atomic E-state index is 12.3. The molecule has 7 nitrogen and oxygen atoms in total. The summed E-state index contributed by atoms with van der Waals surface area (Å²) in [6, 6.07) is 1.84. The van der Waals surface area contributed by atoms with E-state index in [9.17, 15) is 9.59 Å². The van der Waals surface area contributed by atoms with E-state index in [4.69, 9.17) is 10.8 Å². The number of rotatable bonds is 3. The van der Waals surface area contributed by atoms with Crippen molar-refractivity contribution < 1.29 is 9.90 Å². The Morgan fingerprint density at radius 1 is 1.59 bits per heavy atom. The number of nitrogens with zero attached hydrogens (tertiary/aromatic N) is 2. The Labute approximate surface area is 126 Å². The van der Waals surface area contributed by atoms with Gasteiger partial charge in [-0.05, 0) is 37.4 Å². The van der Waals surface area contributed by atoms with E-state index in [0.29, 0.717) is 23.5 Å². The Kier molecular flexibility index (Phi) is 3.58. The van der Waals surface area contributed by atoms with Crippen molar-refractivity contribution in [3.8, 4) is 0 Å². The number of aromatic carboxylic acids is 1. The number of pyridine rings is 2. The highest BCUT2D eigenvalue weighted by molar-refractivity contribution is 5.92. The first kappa shape index (κ1) is 14.5. The number of aryl methyl sites for hydroxylation is 1. The maximum Gasteiger partial charge on any atom is 0.341 e. The highest BCUT2D eigenvalue weighted by Crippen LogP contribution is 2.24.